The average Bonchev–Trinajstić information content (AvgIpc) is 3.13. The molecule has 0 fully saturated rings. The zero-order valence-corrected chi connectivity index (χ0v) is 20.4. The predicted octanol–water partition coefficient (Wildman–Crippen LogP) is 6.88. The van der Waals surface area contributed by atoms with Crippen molar-refractivity contribution in [3.8, 4) is 0 Å². The Kier molecular flexibility index (Phi) is 16.9. The number of halogens is 4. The molecule has 5 nitrogen and oxygen atoms in total. The fraction of sp³-hybridized carbons (Fsp3) is 0.909. The molecular weight excluding hydrogens is 448 g/mol. The van der Waals surface area contributed by atoms with Crippen molar-refractivity contribution in [3.05, 3.63) is 12.4 Å². The van der Waals surface area contributed by atoms with Gasteiger partial charge in [-0.2, -0.15) is 17.2 Å². The number of nitrogens with zero attached hydrogens (tertiary/aromatic N) is 2. The van der Waals surface area contributed by atoms with Gasteiger partial charge in [-0.15, -0.1) is 0 Å². The highest BCUT2D eigenvalue weighted by molar-refractivity contribution is 7.86. The number of hydrogen-bond acceptors (Lipinski definition) is 4. The van der Waals surface area contributed by atoms with Crippen LogP contribution in [0.1, 0.15) is 96.8 Å². The first-order valence-electron chi connectivity index (χ1n) is 11.8. The fourth-order valence-corrected chi connectivity index (χ4v) is 3.58. The molecule has 0 amide bonds. The van der Waals surface area contributed by atoms with Crippen LogP contribution in [0.25, 0.3) is 0 Å². The highest BCUT2D eigenvalue weighted by Crippen LogP contribution is 2.27. The summed E-state index contributed by atoms with van der Waals surface area (Å²) in [6.45, 7) is 4.61. The van der Waals surface area contributed by atoms with Gasteiger partial charge in [0.15, 0.2) is 0 Å². The van der Waals surface area contributed by atoms with Gasteiger partial charge in [0.25, 0.3) is 0 Å². The maximum atomic E-state index is 11.5. The Bertz CT molecular complexity index is 590. The van der Waals surface area contributed by atoms with Gasteiger partial charge < -0.3 is 9.80 Å². The summed E-state index contributed by atoms with van der Waals surface area (Å²) in [4.78, 5) is 4.66. The third-order valence-corrected chi connectivity index (χ3v) is 6.20. The van der Waals surface area contributed by atoms with Gasteiger partial charge in [0, 0.05) is 26.0 Å². The molecule has 1 N–H and O–H groups in total. The van der Waals surface area contributed by atoms with Gasteiger partial charge in [0.2, 0.25) is 0 Å². The van der Waals surface area contributed by atoms with E-state index in [9.17, 15) is 26.0 Å². The summed E-state index contributed by atoms with van der Waals surface area (Å²) in [6.07, 6.45) is 20.2. The second-order valence-electron chi connectivity index (χ2n) is 8.44. The highest BCUT2D eigenvalue weighted by Gasteiger charge is 2.53. The minimum atomic E-state index is -5.98. The van der Waals surface area contributed by atoms with Crippen molar-refractivity contribution in [1.82, 2.24) is 9.80 Å². The van der Waals surface area contributed by atoms with E-state index in [2.05, 4.69) is 36.2 Å². The first kappa shape index (κ1) is 31.0. The molecule has 0 spiro atoms. The Balaban J connectivity index is 0.000000809. The standard InChI is InChI=1S/C20H40N2.C2H2F4O3S/c1-3-4-5-6-7-8-9-10-11-12-13-14-15-16-17-22-19-18-21(2)20-22;3-1(4)2(5,6)10(7,8)9/h18-19H,3-17,20H2,1-2H3;1H,(H,7,8,9). The molecule has 0 saturated heterocycles. The van der Waals surface area contributed by atoms with Crippen LogP contribution in [-0.4, -0.2) is 54.7 Å². The molecule has 192 valence electrons. The van der Waals surface area contributed by atoms with Crippen LogP contribution in [0.3, 0.4) is 0 Å². The van der Waals surface area contributed by atoms with Gasteiger partial charge in [-0.25, -0.2) is 8.78 Å². The molecular formula is C22H42F4N2O3S. The van der Waals surface area contributed by atoms with Crippen molar-refractivity contribution in [3.63, 3.8) is 0 Å². The second-order valence-corrected chi connectivity index (χ2v) is 9.94. The zero-order chi connectivity index (χ0) is 24.5. The Hall–Kier alpha value is -1.03. The Morgan fingerprint density at radius 1 is 0.844 bits per heavy atom. The summed E-state index contributed by atoms with van der Waals surface area (Å²) in [5, 5.41) is -5.37. The van der Waals surface area contributed by atoms with Gasteiger partial charge in [-0.05, 0) is 6.42 Å². The smallest absolute Gasteiger partial charge is 0.362 e. The van der Waals surface area contributed by atoms with Gasteiger partial charge in [-0.1, -0.05) is 90.4 Å². The van der Waals surface area contributed by atoms with Crippen LogP contribution in [0.2, 0.25) is 0 Å². The van der Waals surface area contributed by atoms with Crippen LogP contribution in [0, 0.1) is 0 Å². The summed E-state index contributed by atoms with van der Waals surface area (Å²) in [5.74, 6) is 0. The summed E-state index contributed by atoms with van der Waals surface area (Å²) in [6, 6.07) is 0. The number of hydrogen-bond donors (Lipinski definition) is 1. The molecule has 0 aromatic carbocycles. The first-order chi connectivity index (χ1) is 15.0. The van der Waals surface area contributed by atoms with E-state index in [1.807, 2.05) is 0 Å². The highest BCUT2D eigenvalue weighted by atomic mass is 32.2. The van der Waals surface area contributed by atoms with Crippen LogP contribution in [-0.2, 0) is 10.1 Å². The van der Waals surface area contributed by atoms with Crippen LogP contribution in [0.15, 0.2) is 12.4 Å². The van der Waals surface area contributed by atoms with E-state index >= 15 is 0 Å². The van der Waals surface area contributed by atoms with E-state index in [1.165, 1.54) is 96.4 Å². The minimum absolute atomic E-state index is 1.08. The monoisotopic (exact) mass is 490 g/mol. The van der Waals surface area contributed by atoms with E-state index in [-0.39, 0.29) is 0 Å². The van der Waals surface area contributed by atoms with E-state index in [0.717, 1.165) is 6.67 Å². The van der Waals surface area contributed by atoms with E-state index in [0.29, 0.717) is 0 Å². The Morgan fingerprint density at radius 2 is 1.25 bits per heavy atom. The molecule has 0 radical (unpaired) electrons. The third-order valence-electron chi connectivity index (χ3n) is 5.33. The van der Waals surface area contributed by atoms with E-state index in [1.54, 1.807) is 0 Å². The second kappa shape index (κ2) is 17.4. The maximum absolute atomic E-state index is 11.5. The molecule has 0 aromatic rings. The van der Waals surface area contributed by atoms with Gasteiger partial charge in [0.1, 0.15) is 0 Å². The third kappa shape index (κ3) is 14.9. The molecule has 1 rings (SSSR count). The minimum Gasteiger partial charge on any atom is -0.362 e. The molecule has 0 bridgehead atoms. The maximum Gasteiger partial charge on any atom is 0.428 e. The lowest BCUT2D eigenvalue weighted by Crippen LogP contribution is -2.35. The lowest BCUT2D eigenvalue weighted by molar-refractivity contribution is -0.0687. The SMILES string of the molecule is CCCCCCCCCCCCCCCCN1C=CN(C)C1.O=S(=O)(O)C(F)(F)C(F)F. The summed E-state index contributed by atoms with van der Waals surface area (Å²) >= 11 is 0. The summed E-state index contributed by atoms with van der Waals surface area (Å²) < 4.78 is 71.3. The Labute approximate surface area is 192 Å². The first-order valence-corrected chi connectivity index (χ1v) is 13.2. The van der Waals surface area contributed by atoms with Crippen LogP contribution in [0.4, 0.5) is 17.6 Å². The zero-order valence-electron chi connectivity index (χ0n) is 19.6. The van der Waals surface area contributed by atoms with Crippen molar-refractivity contribution in [1.29, 1.82) is 0 Å². The van der Waals surface area contributed by atoms with Crippen molar-refractivity contribution < 1.29 is 30.5 Å². The average molecular weight is 491 g/mol. The van der Waals surface area contributed by atoms with E-state index in [4.69, 9.17) is 4.55 Å². The van der Waals surface area contributed by atoms with Crippen LogP contribution >= 0.6 is 0 Å². The van der Waals surface area contributed by atoms with Crippen molar-refractivity contribution in [2.45, 2.75) is 108 Å². The molecule has 1 aliphatic heterocycles. The van der Waals surface area contributed by atoms with Crippen molar-refractivity contribution in [2.75, 3.05) is 20.3 Å². The quantitative estimate of drug-likeness (QED) is 0.137. The molecule has 1 aliphatic rings. The van der Waals surface area contributed by atoms with Crippen molar-refractivity contribution in [2.24, 2.45) is 0 Å². The Morgan fingerprint density at radius 3 is 1.53 bits per heavy atom. The van der Waals surface area contributed by atoms with Gasteiger partial charge in [0.05, 0.1) is 6.67 Å². The van der Waals surface area contributed by atoms with Crippen molar-refractivity contribution >= 4 is 10.1 Å². The van der Waals surface area contributed by atoms with E-state index < -0.39 is 21.8 Å². The lowest BCUT2D eigenvalue weighted by Gasteiger charge is -2.17. The topological polar surface area (TPSA) is 60.9 Å². The summed E-state index contributed by atoms with van der Waals surface area (Å²) in [7, 11) is -3.84. The molecule has 0 unspecified atom stereocenters. The number of rotatable bonds is 17. The molecule has 0 aromatic heterocycles. The lowest BCUT2D eigenvalue weighted by atomic mass is 10.0. The fourth-order valence-electron chi connectivity index (χ4n) is 3.36. The predicted molar refractivity (Wildman–Crippen MR) is 121 cm³/mol. The largest absolute Gasteiger partial charge is 0.428 e. The molecule has 0 atom stereocenters. The molecule has 0 aliphatic carbocycles. The van der Waals surface area contributed by atoms with Gasteiger partial charge >= 0.3 is 21.8 Å². The van der Waals surface area contributed by atoms with Crippen LogP contribution in [0.5, 0.6) is 0 Å². The van der Waals surface area contributed by atoms with Crippen LogP contribution < -0.4 is 0 Å². The molecule has 1 heterocycles. The molecule has 32 heavy (non-hydrogen) atoms. The normalized spacial score (nSPS) is 14.2. The molecule has 0 saturated carbocycles. The van der Waals surface area contributed by atoms with Gasteiger partial charge in [-0.3, -0.25) is 4.55 Å². The molecule has 10 heteroatoms. The number of alkyl halides is 4. The number of unbranched alkanes of at least 4 members (excludes halogenated alkanes) is 13. The summed E-state index contributed by atoms with van der Waals surface area (Å²) in [5.41, 5.74) is 0.